The molecule has 1 aromatic rings. The van der Waals surface area contributed by atoms with Crippen molar-refractivity contribution in [1.82, 2.24) is 0 Å². The third-order valence-corrected chi connectivity index (χ3v) is 3.30. The van der Waals surface area contributed by atoms with Gasteiger partial charge in [-0.15, -0.1) is 0 Å². The van der Waals surface area contributed by atoms with Crippen LogP contribution in [0, 0.1) is 11.6 Å². The van der Waals surface area contributed by atoms with Crippen molar-refractivity contribution in [3.05, 3.63) is 29.3 Å². The minimum absolute atomic E-state index is 0.101. The fourth-order valence-corrected chi connectivity index (χ4v) is 2.30. The SMILES string of the molecule is O=C1C(=O)N(CCCCCCO)c2c(F)ccc(F)c21. The van der Waals surface area contributed by atoms with Gasteiger partial charge < -0.3 is 10.0 Å². The van der Waals surface area contributed by atoms with Crippen LogP contribution in [0.3, 0.4) is 0 Å². The van der Waals surface area contributed by atoms with Crippen molar-refractivity contribution >= 4 is 17.4 Å². The number of nitrogens with zero attached hydrogens (tertiary/aromatic N) is 1. The summed E-state index contributed by atoms with van der Waals surface area (Å²) in [4.78, 5) is 24.5. The zero-order valence-corrected chi connectivity index (χ0v) is 10.9. The number of hydrogen-bond acceptors (Lipinski definition) is 3. The van der Waals surface area contributed by atoms with Gasteiger partial charge in [0.05, 0.1) is 11.3 Å². The summed E-state index contributed by atoms with van der Waals surface area (Å²) in [6.45, 7) is 0.271. The van der Waals surface area contributed by atoms with E-state index in [2.05, 4.69) is 0 Å². The molecule has 1 aliphatic heterocycles. The molecule has 0 radical (unpaired) electrons. The number of aliphatic hydroxyl groups is 1. The van der Waals surface area contributed by atoms with Gasteiger partial charge in [-0.1, -0.05) is 12.8 Å². The molecule has 0 fully saturated rings. The molecule has 0 aliphatic carbocycles. The maximum absolute atomic E-state index is 13.8. The molecule has 6 heteroatoms. The number of hydrogen-bond donors (Lipinski definition) is 1. The molecule has 1 N–H and O–H groups in total. The number of fused-ring (bicyclic) bond motifs is 1. The number of aliphatic hydroxyl groups excluding tert-OH is 1. The Morgan fingerprint density at radius 3 is 2.35 bits per heavy atom. The zero-order valence-electron chi connectivity index (χ0n) is 10.9. The molecule has 0 unspecified atom stereocenters. The maximum atomic E-state index is 13.8. The van der Waals surface area contributed by atoms with E-state index in [-0.39, 0.29) is 18.8 Å². The van der Waals surface area contributed by atoms with Crippen molar-refractivity contribution in [2.45, 2.75) is 25.7 Å². The highest BCUT2D eigenvalue weighted by atomic mass is 19.1. The summed E-state index contributed by atoms with van der Waals surface area (Å²) in [7, 11) is 0. The van der Waals surface area contributed by atoms with Crippen molar-refractivity contribution in [3.8, 4) is 0 Å². The van der Waals surface area contributed by atoms with Crippen molar-refractivity contribution < 1.29 is 23.5 Å². The van der Waals surface area contributed by atoms with Gasteiger partial charge in [-0.25, -0.2) is 8.78 Å². The number of carbonyl (C=O) groups excluding carboxylic acids is 2. The van der Waals surface area contributed by atoms with Crippen LogP contribution < -0.4 is 4.90 Å². The number of benzene rings is 1. The molecule has 0 spiro atoms. The number of amides is 1. The Labute approximate surface area is 115 Å². The molecule has 1 aliphatic rings. The Bertz CT molecular complexity index is 545. The normalized spacial score (nSPS) is 14.1. The standard InChI is InChI=1S/C14H15F2NO3/c15-9-5-6-10(16)12-11(9)13(19)14(20)17(12)7-3-1-2-4-8-18/h5-6,18H,1-4,7-8H2. The lowest BCUT2D eigenvalue weighted by Crippen LogP contribution is -2.31. The van der Waals surface area contributed by atoms with E-state index in [0.717, 1.165) is 29.9 Å². The van der Waals surface area contributed by atoms with E-state index in [9.17, 15) is 18.4 Å². The number of carbonyl (C=O) groups is 2. The maximum Gasteiger partial charge on any atom is 0.299 e. The summed E-state index contributed by atoms with van der Waals surface area (Å²) in [6, 6.07) is 1.77. The fourth-order valence-electron chi connectivity index (χ4n) is 2.30. The smallest absolute Gasteiger partial charge is 0.299 e. The average Bonchev–Trinajstić information content (AvgIpc) is 2.68. The molecular formula is C14H15F2NO3. The first-order valence-electron chi connectivity index (χ1n) is 6.53. The Morgan fingerprint density at radius 2 is 1.65 bits per heavy atom. The molecule has 1 heterocycles. The zero-order chi connectivity index (χ0) is 14.7. The summed E-state index contributed by atoms with van der Waals surface area (Å²) < 4.78 is 27.3. The third kappa shape index (κ3) is 2.56. The van der Waals surface area contributed by atoms with Crippen LogP contribution >= 0.6 is 0 Å². The molecule has 1 aromatic carbocycles. The van der Waals surface area contributed by atoms with Crippen molar-refractivity contribution in [3.63, 3.8) is 0 Å². The van der Waals surface area contributed by atoms with Crippen LogP contribution in [0.2, 0.25) is 0 Å². The minimum Gasteiger partial charge on any atom is -0.396 e. The molecule has 20 heavy (non-hydrogen) atoms. The van der Waals surface area contributed by atoms with Crippen molar-refractivity contribution in [1.29, 1.82) is 0 Å². The van der Waals surface area contributed by atoms with Crippen LogP contribution in [-0.2, 0) is 4.79 Å². The van der Waals surface area contributed by atoms with Gasteiger partial charge in [-0.2, -0.15) is 0 Å². The molecule has 0 aromatic heterocycles. The van der Waals surface area contributed by atoms with Crippen LogP contribution in [0.4, 0.5) is 14.5 Å². The van der Waals surface area contributed by atoms with Gasteiger partial charge >= 0.3 is 0 Å². The summed E-state index contributed by atoms with van der Waals surface area (Å²) in [5.74, 6) is -3.52. The third-order valence-electron chi connectivity index (χ3n) is 3.30. The van der Waals surface area contributed by atoms with E-state index in [1.807, 2.05) is 0 Å². The first-order chi connectivity index (χ1) is 9.57. The summed E-state index contributed by atoms with van der Waals surface area (Å²) >= 11 is 0. The molecule has 0 saturated heterocycles. The largest absolute Gasteiger partial charge is 0.396 e. The first kappa shape index (κ1) is 14.6. The molecule has 0 bridgehead atoms. The Morgan fingerprint density at radius 1 is 1.00 bits per heavy atom. The summed E-state index contributed by atoms with van der Waals surface area (Å²) in [5.41, 5.74) is -0.715. The van der Waals surface area contributed by atoms with E-state index in [4.69, 9.17) is 5.11 Å². The molecule has 2 rings (SSSR count). The van der Waals surface area contributed by atoms with Crippen LogP contribution in [0.25, 0.3) is 0 Å². The number of anilines is 1. The number of unbranched alkanes of at least 4 members (excludes halogenated alkanes) is 3. The van der Waals surface area contributed by atoms with E-state index in [0.29, 0.717) is 12.8 Å². The monoisotopic (exact) mass is 283 g/mol. The molecule has 0 atom stereocenters. The van der Waals surface area contributed by atoms with E-state index in [1.165, 1.54) is 0 Å². The van der Waals surface area contributed by atoms with Crippen molar-refractivity contribution in [2.75, 3.05) is 18.1 Å². The Balaban J connectivity index is 2.14. The van der Waals surface area contributed by atoms with Gasteiger partial charge in [0, 0.05) is 13.2 Å². The average molecular weight is 283 g/mol. The second-order valence-corrected chi connectivity index (χ2v) is 4.68. The van der Waals surface area contributed by atoms with Gasteiger partial charge in [0.25, 0.3) is 11.7 Å². The van der Waals surface area contributed by atoms with Gasteiger partial charge in [-0.05, 0) is 25.0 Å². The number of rotatable bonds is 6. The van der Waals surface area contributed by atoms with Crippen molar-refractivity contribution in [2.24, 2.45) is 0 Å². The molecular weight excluding hydrogens is 268 g/mol. The highest BCUT2D eigenvalue weighted by Gasteiger charge is 2.40. The molecule has 0 saturated carbocycles. The molecule has 4 nitrogen and oxygen atoms in total. The highest BCUT2D eigenvalue weighted by Crippen LogP contribution is 2.33. The minimum atomic E-state index is -0.993. The van der Waals surface area contributed by atoms with E-state index >= 15 is 0 Å². The van der Waals surface area contributed by atoms with Gasteiger partial charge in [-0.3, -0.25) is 9.59 Å². The first-order valence-corrected chi connectivity index (χ1v) is 6.53. The second kappa shape index (κ2) is 6.09. The van der Waals surface area contributed by atoms with Gasteiger partial charge in [0.2, 0.25) is 0 Å². The topological polar surface area (TPSA) is 57.6 Å². The molecule has 108 valence electrons. The Kier molecular flexibility index (Phi) is 4.44. The number of Topliss-reactive ketones (excluding diaryl/α,β-unsaturated/α-hetero) is 1. The quantitative estimate of drug-likeness (QED) is 0.642. The number of ketones is 1. The van der Waals surface area contributed by atoms with E-state index in [1.54, 1.807) is 0 Å². The van der Waals surface area contributed by atoms with Crippen LogP contribution in [0.15, 0.2) is 12.1 Å². The highest BCUT2D eigenvalue weighted by molar-refractivity contribution is 6.52. The number of halogens is 2. The van der Waals surface area contributed by atoms with Crippen LogP contribution in [-0.4, -0.2) is 29.9 Å². The molecule has 1 amide bonds. The fraction of sp³-hybridized carbons (Fsp3) is 0.429. The van der Waals surface area contributed by atoms with E-state index < -0.39 is 28.9 Å². The lowest BCUT2D eigenvalue weighted by Gasteiger charge is -2.16. The van der Waals surface area contributed by atoms with Crippen LogP contribution in [0.5, 0.6) is 0 Å². The lowest BCUT2D eigenvalue weighted by atomic mass is 10.1. The predicted octanol–water partition coefficient (Wildman–Crippen LogP) is 2.05. The van der Waals surface area contributed by atoms with Gasteiger partial charge in [0.1, 0.15) is 11.6 Å². The second-order valence-electron chi connectivity index (χ2n) is 4.68. The lowest BCUT2D eigenvalue weighted by molar-refractivity contribution is -0.114. The Hall–Kier alpha value is -1.82. The van der Waals surface area contributed by atoms with Crippen LogP contribution in [0.1, 0.15) is 36.0 Å². The predicted molar refractivity (Wildman–Crippen MR) is 68.6 cm³/mol. The van der Waals surface area contributed by atoms with Gasteiger partial charge in [0.15, 0.2) is 0 Å². The summed E-state index contributed by atoms with van der Waals surface area (Å²) in [6.07, 6.45) is 2.75. The summed E-state index contributed by atoms with van der Waals surface area (Å²) in [5, 5.41) is 8.65.